The van der Waals surface area contributed by atoms with E-state index in [2.05, 4.69) is 49.9 Å². The Morgan fingerprint density at radius 2 is 2.22 bits per heavy atom. The predicted molar refractivity (Wildman–Crippen MR) is 72.4 cm³/mol. The van der Waals surface area contributed by atoms with E-state index in [1.165, 1.54) is 0 Å². The summed E-state index contributed by atoms with van der Waals surface area (Å²) in [5.41, 5.74) is -0.188. The van der Waals surface area contributed by atoms with Crippen molar-refractivity contribution in [1.29, 1.82) is 0 Å². The molecule has 0 saturated carbocycles. The summed E-state index contributed by atoms with van der Waals surface area (Å²) in [6.45, 7) is 10.8. The zero-order valence-electron chi connectivity index (χ0n) is 12.1. The SMILES string of the molecule is CCC(NC1CC(C)(C)OC1(C)C)c1ncc[nH]1. The smallest absolute Gasteiger partial charge is 0.123 e. The van der Waals surface area contributed by atoms with Gasteiger partial charge in [0.25, 0.3) is 0 Å². The number of aromatic nitrogens is 2. The minimum atomic E-state index is -0.135. The van der Waals surface area contributed by atoms with Crippen LogP contribution < -0.4 is 5.32 Å². The van der Waals surface area contributed by atoms with Crippen LogP contribution in [-0.2, 0) is 4.74 Å². The summed E-state index contributed by atoms with van der Waals surface area (Å²) < 4.78 is 6.12. The number of imidazole rings is 1. The van der Waals surface area contributed by atoms with Gasteiger partial charge < -0.3 is 15.0 Å². The molecule has 0 bridgehead atoms. The first-order valence-electron chi connectivity index (χ1n) is 6.79. The molecule has 18 heavy (non-hydrogen) atoms. The van der Waals surface area contributed by atoms with E-state index in [1.807, 2.05) is 6.20 Å². The van der Waals surface area contributed by atoms with Crippen molar-refractivity contribution in [2.45, 2.75) is 70.7 Å². The Morgan fingerprint density at radius 3 is 2.67 bits per heavy atom. The molecule has 0 amide bonds. The van der Waals surface area contributed by atoms with Gasteiger partial charge in [-0.15, -0.1) is 0 Å². The molecule has 0 spiro atoms. The molecule has 1 saturated heterocycles. The zero-order chi connectivity index (χ0) is 13.4. The Bertz CT molecular complexity index is 384. The summed E-state index contributed by atoms with van der Waals surface area (Å²) in [7, 11) is 0. The molecule has 0 radical (unpaired) electrons. The summed E-state index contributed by atoms with van der Waals surface area (Å²) in [4.78, 5) is 7.55. The Kier molecular flexibility index (Phi) is 3.52. The van der Waals surface area contributed by atoms with Crippen LogP contribution in [-0.4, -0.2) is 27.2 Å². The lowest BCUT2D eigenvalue weighted by Gasteiger charge is -2.30. The second-order valence-electron chi connectivity index (χ2n) is 6.32. The van der Waals surface area contributed by atoms with Crippen molar-refractivity contribution in [3.05, 3.63) is 18.2 Å². The molecule has 2 atom stereocenters. The van der Waals surface area contributed by atoms with Crippen molar-refractivity contribution in [2.75, 3.05) is 0 Å². The van der Waals surface area contributed by atoms with E-state index in [1.54, 1.807) is 6.20 Å². The first-order valence-corrected chi connectivity index (χ1v) is 6.79. The van der Waals surface area contributed by atoms with Gasteiger partial charge in [-0.2, -0.15) is 0 Å². The van der Waals surface area contributed by atoms with Gasteiger partial charge >= 0.3 is 0 Å². The number of nitrogens with zero attached hydrogens (tertiary/aromatic N) is 1. The van der Waals surface area contributed by atoms with E-state index in [-0.39, 0.29) is 17.2 Å². The Balaban J connectivity index is 2.09. The predicted octanol–water partition coefficient (Wildman–Crippen LogP) is 2.80. The Hall–Kier alpha value is -0.870. The molecule has 1 aromatic heterocycles. The van der Waals surface area contributed by atoms with E-state index >= 15 is 0 Å². The second-order valence-corrected chi connectivity index (χ2v) is 6.32. The molecular formula is C14H25N3O. The van der Waals surface area contributed by atoms with Gasteiger partial charge in [-0.1, -0.05) is 6.92 Å². The molecule has 2 heterocycles. The lowest BCUT2D eigenvalue weighted by atomic mass is 9.93. The van der Waals surface area contributed by atoms with E-state index in [0.717, 1.165) is 18.7 Å². The van der Waals surface area contributed by atoms with Crippen molar-refractivity contribution in [2.24, 2.45) is 0 Å². The van der Waals surface area contributed by atoms with E-state index < -0.39 is 0 Å². The molecule has 1 aromatic rings. The summed E-state index contributed by atoms with van der Waals surface area (Å²) in [6, 6.07) is 0.615. The highest BCUT2D eigenvalue weighted by molar-refractivity contribution is 5.03. The number of hydrogen-bond donors (Lipinski definition) is 2. The van der Waals surface area contributed by atoms with E-state index in [4.69, 9.17) is 4.74 Å². The molecule has 4 heteroatoms. The van der Waals surface area contributed by atoms with Crippen LogP contribution in [0.15, 0.2) is 12.4 Å². The number of rotatable bonds is 4. The van der Waals surface area contributed by atoms with Crippen LogP contribution in [0.3, 0.4) is 0 Å². The normalized spacial score (nSPS) is 27.3. The molecule has 0 aromatic carbocycles. The van der Waals surface area contributed by atoms with E-state index in [0.29, 0.717) is 6.04 Å². The van der Waals surface area contributed by atoms with Gasteiger partial charge in [0.15, 0.2) is 0 Å². The van der Waals surface area contributed by atoms with Crippen molar-refractivity contribution >= 4 is 0 Å². The van der Waals surface area contributed by atoms with Crippen LogP contribution in [0.5, 0.6) is 0 Å². The molecule has 0 aliphatic carbocycles. The third kappa shape index (κ3) is 2.75. The highest BCUT2D eigenvalue weighted by Gasteiger charge is 2.46. The summed E-state index contributed by atoms with van der Waals surface area (Å²) in [6.07, 6.45) is 5.72. The van der Waals surface area contributed by atoms with Crippen molar-refractivity contribution in [1.82, 2.24) is 15.3 Å². The van der Waals surface area contributed by atoms with Gasteiger partial charge in [0.05, 0.1) is 17.2 Å². The topological polar surface area (TPSA) is 49.9 Å². The first kappa shape index (κ1) is 13.6. The molecule has 1 fully saturated rings. The number of nitrogens with one attached hydrogen (secondary N) is 2. The summed E-state index contributed by atoms with van der Waals surface area (Å²) in [5, 5.41) is 3.70. The lowest BCUT2D eigenvalue weighted by Crippen LogP contribution is -2.45. The summed E-state index contributed by atoms with van der Waals surface area (Å²) in [5.74, 6) is 1.01. The fraction of sp³-hybridized carbons (Fsp3) is 0.786. The second kappa shape index (κ2) is 4.67. The van der Waals surface area contributed by atoms with Gasteiger partial charge in [-0.05, 0) is 40.5 Å². The maximum atomic E-state index is 6.12. The maximum absolute atomic E-state index is 6.12. The third-order valence-electron chi connectivity index (χ3n) is 3.73. The average molecular weight is 251 g/mol. The van der Waals surface area contributed by atoms with Crippen LogP contribution in [0.25, 0.3) is 0 Å². The van der Waals surface area contributed by atoms with Gasteiger partial charge in [0.1, 0.15) is 5.82 Å². The Morgan fingerprint density at radius 1 is 1.50 bits per heavy atom. The van der Waals surface area contributed by atoms with Crippen LogP contribution in [0.2, 0.25) is 0 Å². The van der Waals surface area contributed by atoms with Crippen molar-refractivity contribution in [3.8, 4) is 0 Å². The fourth-order valence-corrected chi connectivity index (χ4v) is 2.92. The maximum Gasteiger partial charge on any atom is 0.123 e. The van der Waals surface area contributed by atoms with Gasteiger partial charge in [0, 0.05) is 18.4 Å². The van der Waals surface area contributed by atoms with E-state index in [9.17, 15) is 0 Å². The van der Waals surface area contributed by atoms with Crippen LogP contribution >= 0.6 is 0 Å². The standard InChI is InChI=1S/C14H25N3O/c1-6-10(12-15-7-8-16-12)17-11-9-13(2,3)18-14(11,4)5/h7-8,10-11,17H,6,9H2,1-5H3,(H,15,16). The Labute approximate surface area is 110 Å². The summed E-state index contributed by atoms with van der Waals surface area (Å²) >= 11 is 0. The molecule has 2 N–H and O–H groups in total. The molecule has 2 unspecified atom stereocenters. The number of ether oxygens (including phenoxy) is 1. The highest BCUT2D eigenvalue weighted by Crippen LogP contribution is 2.38. The average Bonchev–Trinajstić information content (AvgIpc) is 2.80. The van der Waals surface area contributed by atoms with Crippen LogP contribution in [0.1, 0.15) is 59.3 Å². The molecule has 1 aliphatic rings. The first-order chi connectivity index (χ1) is 8.34. The number of hydrogen-bond acceptors (Lipinski definition) is 3. The molecule has 102 valence electrons. The minimum absolute atomic E-state index is 0.0530. The van der Waals surface area contributed by atoms with Crippen LogP contribution in [0.4, 0.5) is 0 Å². The van der Waals surface area contributed by atoms with Gasteiger partial charge in [-0.25, -0.2) is 4.98 Å². The van der Waals surface area contributed by atoms with Crippen molar-refractivity contribution < 1.29 is 4.74 Å². The molecule has 4 nitrogen and oxygen atoms in total. The molecule has 1 aliphatic heterocycles. The van der Waals surface area contributed by atoms with Gasteiger partial charge in [0.2, 0.25) is 0 Å². The third-order valence-corrected chi connectivity index (χ3v) is 3.73. The highest BCUT2D eigenvalue weighted by atomic mass is 16.5. The minimum Gasteiger partial charge on any atom is -0.368 e. The van der Waals surface area contributed by atoms with Crippen LogP contribution in [0, 0.1) is 0 Å². The zero-order valence-corrected chi connectivity index (χ0v) is 12.1. The number of H-pyrrole nitrogens is 1. The molecule has 2 rings (SSSR count). The fourth-order valence-electron chi connectivity index (χ4n) is 2.92. The van der Waals surface area contributed by atoms with Crippen molar-refractivity contribution in [3.63, 3.8) is 0 Å². The van der Waals surface area contributed by atoms with Gasteiger partial charge in [-0.3, -0.25) is 0 Å². The largest absolute Gasteiger partial charge is 0.368 e. The molecular weight excluding hydrogens is 226 g/mol. The lowest BCUT2D eigenvalue weighted by molar-refractivity contribution is -0.0705. The quantitative estimate of drug-likeness (QED) is 0.865. The monoisotopic (exact) mass is 251 g/mol. The number of aromatic amines is 1.